The highest BCUT2D eigenvalue weighted by molar-refractivity contribution is 5.68. The predicted octanol–water partition coefficient (Wildman–Crippen LogP) is 3.94. The number of ether oxygens (including phenoxy) is 4. The first-order chi connectivity index (χ1) is 14.0. The van der Waals surface area contributed by atoms with Crippen molar-refractivity contribution in [3.8, 4) is 0 Å². The summed E-state index contributed by atoms with van der Waals surface area (Å²) in [5.41, 5.74) is 0.896. The van der Waals surface area contributed by atoms with E-state index in [0.29, 0.717) is 13.0 Å². The molecule has 1 saturated heterocycles. The second-order valence-electron chi connectivity index (χ2n) is 7.32. The molecule has 0 bridgehead atoms. The van der Waals surface area contributed by atoms with Gasteiger partial charge in [0.05, 0.1) is 12.1 Å². The van der Waals surface area contributed by atoms with E-state index in [0.717, 1.165) is 24.8 Å². The van der Waals surface area contributed by atoms with E-state index in [1.165, 1.54) is 13.3 Å². The molecule has 0 aromatic heterocycles. The highest BCUT2D eigenvalue weighted by atomic mass is 16.7. The number of alkyl carbamates (subject to hydrolysis) is 1. The van der Waals surface area contributed by atoms with Crippen molar-refractivity contribution in [2.75, 3.05) is 6.61 Å². The van der Waals surface area contributed by atoms with E-state index in [2.05, 4.69) is 12.2 Å². The number of esters is 1. The van der Waals surface area contributed by atoms with Crippen LogP contribution >= 0.6 is 0 Å². The Morgan fingerprint density at radius 3 is 2.62 bits per heavy atom. The number of carbonyl (C=O) groups excluding carboxylic acids is 2. The molecule has 1 aliphatic rings. The summed E-state index contributed by atoms with van der Waals surface area (Å²) in [5.74, 6) is -0.422. The van der Waals surface area contributed by atoms with Crippen molar-refractivity contribution in [1.82, 2.24) is 5.32 Å². The topological polar surface area (TPSA) is 83.1 Å². The summed E-state index contributed by atoms with van der Waals surface area (Å²) < 4.78 is 22.4. The average Bonchev–Trinajstić information content (AvgIpc) is 2.69. The van der Waals surface area contributed by atoms with Crippen molar-refractivity contribution in [2.24, 2.45) is 0 Å². The second kappa shape index (κ2) is 12.4. The Morgan fingerprint density at radius 2 is 1.93 bits per heavy atom. The Kier molecular flexibility index (Phi) is 9.94. The Balaban J connectivity index is 1.89. The summed E-state index contributed by atoms with van der Waals surface area (Å²) in [6.45, 7) is 6.08. The lowest BCUT2D eigenvalue weighted by Gasteiger charge is -2.39. The van der Waals surface area contributed by atoms with E-state index in [1.807, 2.05) is 37.3 Å². The summed E-state index contributed by atoms with van der Waals surface area (Å²) in [4.78, 5) is 23.8. The minimum atomic E-state index is -0.600. The molecule has 1 amide bonds. The number of carbonyl (C=O) groups is 2. The van der Waals surface area contributed by atoms with Crippen LogP contribution in [0.5, 0.6) is 0 Å². The van der Waals surface area contributed by atoms with Gasteiger partial charge in [0.25, 0.3) is 0 Å². The Bertz CT molecular complexity index is 623. The van der Waals surface area contributed by atoms with Gasteiger partial charge in [0.15, 0.2) is 6.29 Å². The molecule has 7 nitrogen and oxygen atoms in total. The van der Waals surface area contributed by atoms with Crippen LogP contribution in [-0.2, 0) is 30.3 Å². The van der Waals surface area contributed by atoms with Crippen LogP contribution in [0.1, 0.15) is 58.4 Å². The zero-order chi connectivity index (χ0) is 21.1. The molecule has 1 heterocycles. The van der Waals surface area contributed by atoms with Gasteiger partial charge in [-0.15, -0.1) is 0 Å². The molecule has 162 valence electrons. The fourth-order valence-electron chi connectivity index (χ4n) is 3.32. The number of amides is 1. The van der Waals surface area contributed by atoms with Gasteiger partial charge in [-0.25, -0.2) is 4.79 Å². The quantitative estimate of drug-likeness (QED) is 0.467. The molecule has 0 spiro atoms. The molecule has 0 radical (unpaired) electrons. The maximum Gasteiger partial charge on any atom is 0.407 e. The maximum atomic E-state index is 12.3. The molecule has 1 aromatic rings. The molecule has 0 saturated carbocycles. The highest BCUT2D eigenvalue weighted by Gasteiger charge is 2.40. The number of rotatable bonds is 10. The van der Waals surface area contributed by atoms with Crippen LogP contribution in [-0.4, -0.2) is 43.2 Å². The molecule has 1 fully saturated rings. The fourth-order valence-corrected chi connectivity index (χ4v) is 3.32. The number of unbranched alkanes of at least 4 members (excludes halogenated alkanes) is 3. The highest BCUT2D eigenvalue weighted by Crippen LogP contribution is 2.24. The number of benzene rings is 1. The fraction of sp³-hybridized carbons (Fsp3) is 0.636. The third-order valence-electron chi connectivity index (χ3n) is 4.79. The first kappa shape index (κ1) is 23.2. The summed E-state index contributed by atoms with van der Waals surface area (Å²) in [7, 11) is 0. The van der Waals surface area contributed by atoms with Crippen LogP contribution in [0.25, 0.3) is 0 Å². The molecular weight excluding hydrogens is 374 g/mol. The first-order valence-electron chi connectivity index (χ1n) is 10.4. The number of nitrogens with one attached hydrogen (secondary N) is 1. The van der Waals surface area contributed by atoms with Crippen molar-refractivity contribution >= 4 is 12.1 Å². The molecule has 0 unspecified atom stereocenters. The van der Waals surface area contributed by atoms with Crippen LogP contribution in [0.15, 0.2) is 30.3 Å². The van der Waals surface area contributed by atoms with E-state index >= 15 is 0 Å². The lowest BCUT2D eigenvalue weighted by Crippen LogP contribution is -2.56. The van der Waals surface area contributed by atoms with Crippen LogP contribution in [0.4, 0.5) is 4.79 Å². The van der Waals surface area contributed by atoms with Crippen molar-refractivity contribution in [3.63, 3.8) is 0 Å². The van der Waals surface area contributed by atoms with Crippen LogP contribution in [0.3, 0.4) is 0 Å². The van der Waals surface area contributed by atoms with Gasteiger partial charge in [-0.2, -0.15) is 0 Å². The first-order valence-corrected chi connectivity index (χ1v) is 10.4. The van der Waals surface area contributed by atoms with Gasteiger partial charge in [0, 0.05) is 20.0 Å². The SMILES string of the molecule is CCCCCCO[C@H]1C[C@@H](NC(=O)OCc2ccccc2)[C@@H](OC(C)=O)[C@H](C)O1. The Morgan fingerprint density at radius 1 is 1.17 bits per heavy atom. The average molecular weight is 408 g/mol. The number of hydrogen-bond donors (Lipinski definition) is 1. The third-order valence-corrected chi connectivity index (χ3v) is 4.79. The number of hydrogen-bond acceptors (Lipinski definition) is 6. The molecule has 7 heteroatoms. The van der Waals surface area contributed by atoms with E-state index in [1.54, 1.807) is 0 Å². The maximum absolute atomic E-state index is 12.3. The molecule has 1 N–H and O–H groups in total. The van der Waals surface area contributed by atoms with Gasteiger partial charge in [-0.1, -0.05) is 56.5 Å². The molecular formula is C22H33NO6. The molecule has 1 aliphatic heterocycles. The van der Waals surface area contributed by atoms with Gasteiger partial charge in [-0.05, 0) is 18.9 Å². The summed E-state index contributed by atoms with van der Waals surface area (Å²) in [6, 6.07) is 8.98. The zero-order valence-electron chi connectivity index (χ0n) is 17.6. The minimum absolute atomic E-state index is 0.168. The monoisotopic (exact) mass is 407 g/mol. The van der Waals surface area contributed by atoms with Gasteiger partial charge in [0.1, 0.15) is 12.7 Å². The van der Waals surface area contributed by atoms with E-state index < -0.39 is 36.6 Å². The molecule has 0 aliphatic carbocycles. The van der Waals surface area contributed by atoms with Crippen LogP contribution in [0.2, 0.25) is 0 Å². The summed E-state index contributed by atoms with van der Waals surface area (Å²) in [5, 5.41) is 2.82. The summed E-state index contributed by atoms with van der Waals surface area (Å²) >= 11 is 0. The van der Waals surface area contributed by atoms with Crippen molar-refractivity contribution < 1.29 is 28.5 Å². The van der Waals surface area contributed by atoms with Gasteiger partial charge < -0.3 is 24.3 Å². The second-order valence-corrected chi connectivity index (χ2v) is 7.32. The van der Waals surface area contributed by atoms with Crippen LogP contribution in [0, 0.1) is 0 Å². The van der Waals surface area contributed by atoms with E-state index in [4.69, 9.17) is 18.9 Å². The van der Waals surface area contributed by atoms with Crippen molar-refractivity contribution in [3.05, 3.63) is 35.9 Å². The normalized spacial score (nSPS) is 24.0. The Labute approximate surface area is 173 Å². The summed E-state index contributed by atoms with van der Waals surface area (Å²) in [6.07, 6.45) is 2.77. The molecule has 4 atom stereocenters. The lowest BCUT2D eigenvalue weighted by atomic mass is 9.99. The van der Waals surface area contributed by atoms with Crippen molar-refractivity contribution in [2.45, 2.75) is 84.0 Å². The molecule has 1 aromatic carbocycles. The van der Waals surface area contributed by atoms with E-state index in [9.17, 15) is 9.59 Å². The molecule has 29 heavy (non-hydrogen) atoms. The minimum Gasteiger partial charge on any atom is -0.458 e. The lowest BCUT2D eigenvalue weighted by molar-refractivity contribution is -0.231. The Hall–Kier alpha value is -2.12. The standard InChI is InChI=1S/C22H33NO6/c1-4-5-6-10-13-26-20-14-19(21(16(2)28-20)29-17(3)24)23-22(25)27-15-18-11-8-7-9-12-18/h7-9,11-12,16,19-21H,4-6,10,13-15H2,1-3H3,(H,23,25)/t16-,19+,20+,21-/m0/s1. The van der Waals surface area contributed by atoms with Crippen LogP contribution < -0.4 is 5.32 Å². The molecule has 2 rings (SSSR count). The predicted molar refractivity (Wildman–Crippen MR) is 108 cm³/mol. The zero-order valence-corrected chi connectivity index (χ0v) is 17.6. The van der Waals surface area contributed by atoms with Gasteiger partial charge >= 0.3 is 12.1 Å². The largest absolute Gasteiger partial charge is 0.458 e. The van der Waals surface area contributed by atoms with Crippen molar-refractivity contribution in [1.29, 1.82) is 0 Å². The smallest absolute Gasteiger partial charge is 0.407 e. The third kappa shape index (κ3) is 8.41. The van der Waals surface area contributed by atoms with Gasteiger partial charge in [-0.3, -0.25) is 4.79 Å². The van der Waals surface area contributed by atoms with E-state index in [-0.39, 0.29) is 6.61 Å². The van der Waals surface area contributed by atoms with Gasteiger partial charge in [0.2, 0.25) is 0 Å².